The van der Waals surface area contributed by atoms with Gasteiger partial charge in [-0.25, -0.2) is 0 Å². The van der Waals surface area contributed by atoms with E-state index in [0.29, 0.717) is 24.6 Å². The van der Waals surface area contributed by atoms with Crippen molar-refractivity contribution in [3.63, 3.8) is 0 Å². The van der Waals surface area contributed by atoms with E-state index >= 15 is 0 Å². The summed E-state index contributed by atoms with van der Waals surface area (Å²) in [6.45, 7) is 3.12. The van der Waals surface area contributed by atoms with Crippen LogP contribution in [0.15, 0.2) is 18.2 Å². The lowest BCUT2D eigenvalue weighted by Gasteiger charge is -2.53. The number of piperidine rings is 2. The third-order valence-electron chi connectivity index (χ3n) is 8.05. The van der Waals surface area contributed by atoms with Gasteiger partial charge in [-0.3, -0.25) is 24.6 Å². The first-order chi connectivity index (χ1) is 15.0. The average Bonchev–Trinajstić information content (AvgIpc) is 3.05. The SMILES string of the molecule is NCC1(C2CCCCN2Cc2ccc3c(c2)C(=O)N(C2CCC(=O)NC2=O)C3)CCC1. The molecule has 1 aromatic carbocycles. The molecule has 166 valence electrons. The van der Waals surface area contributed by atoms with Gasteiger partial charge in [0, 0.05) is 31.1 Å². The van der Waals surface area contributed by atoms with Crippen LogP contribution >= 0.6 is 0 Å². The van der Waals surface area contributed by atoms with Crippen molar-refractivity contribution in [2.45, 2.75) is 76.5 Å². The molecule has 0 bridgehead atoms. The van der Waals surface area contributed by atoms with E-state index in [2.05, 4.69) is 16.3 Å². The molecular weight excluding hydrogens is 392 g/mol. The van der Waals surface area contributed by atoms with Gasteiger partial charge in [0.25, 0.3) is 5.91 Å². The molecule has 0 aromatic heterocycles. The minimum atomic E-state index is -0.560. The lowest BCUT2D eigenvalue weighted by molar-refractivity contribution is -0.136. The number of nitrogens with zero attached hydrogens (tertiary/aromatic N) is 2. The van der Waals surface area contributed by atoms with Gasteiger partial charge in [0.1, 0.15) is 6.04 Å². The molecule has 4 aliphatic rings. The molecule has 1 saturated carbocycles. The summed E-state index contributed by atoms with van der Waals surface area (Å²) in [5.41, 5.74) is 9.31. The molecular formula is C24H32N4O3. The zero-order valence-electron chi connectivity index (χ0n) is 18.1. The van der Waals surface area contributed by atoms with E-state index in [1.165, 1.54) is 38.5 Å². The molecule has 1 aromatic rings. The van der Waals surface area contributed by atoms with Crippen LogP contribution in [0.25, 0.3) is 0 Å². The molecule has 7 nitrogen and oxygen atoms in total. The number of nitrogens with two attached hydrogens (primary N) is 1. The fourth-order valence-electron chi connectivity index (χ4n) is 6.11. The fraction of sp³-hybridized carbons (Fsp3) is 0.625. The molecule has 5 rings (SSSR count). The van der Waals surface area contributed by atoms with E-state index in [1.54, 1.807) is 4.90 Å². The number of likely N-dealkylation sites (tertiary alicyclic amines) is 1. The Morgan fingerprint density at radius 3 is 2.65 bits per heavy atom. The van der Waals surface area contributed by atoms with Gasteiger partial charge in [0.15, 0.2) is 0 Å². The van der Waals surface area contributed by atoms with Gasteiger partial charge < -0.3 is 10.6 Å². The van der Waals surface area contributed by atoms with Crippen molar-refractivity contribution in [2.24, 2.45) is 11.1 Å². The smallest absolute Gasteiger partial charge is 0.255 e. The Kier molecular flexibility index (Phi) is 5.34. The average molecular weight is 425 g/mol. The normalized spacial score (nSPS) is 28.3. The Morgan fingerprint density at radius 1 is 1.10 bits per heavy atom. The molecule has 0 radical (unpaired) electrons. The third kappa shape index (κ3) is 3.57. The Bertz CT molecular complexity index is 905. The molecule has 31 heavy (non-hydrogen) atoms. The van der Waals surface area contributed by atoms with Gasteiger partial charge in [0.05, 0.1) is 0 Å². The van der Waals surface area contributed by atoms with Crippen LogP contribution in [0.5, 0.6) is 0 Å². The zero-order valence-corrected chi connectivity index (χ0v) is 18.1. The summed E-state index contributed by atoms with van der Waals surface area (Å²) in [5.74, 6) is -0.717. The number of nitrogens with one attached hydrogen (secondary N) is 1. The summed E-state index contributed by atoms with van der Waals surface area (Å²) >= 11 is 0. The molecule has 7 heteroatoms. The van der Waals surface area contributed by atoms with Gasteiger partial charge in [-0.2, -0.15) is 0 Å². The highest BCUT2D eigenvalue weighted by Gasteiger charge is 2.46. The van der Waals surface area contributed by atoms with Crippen molar-refractivity contribution in [3.05, 3.63) is 34.9 Å². The highest BCUT2D eigenvalue weighted by atomic mass is 16.2. The fourth-order valence-corrected chi connectivity index (χ4v) is 6.11. The van der Waals surface area contributed by atoms with Crippen molar-refractivity contribution in [3.8, 4) is 0 Å². The quantitative estimate of drug-likeness (QED) is 0.704. The highest BCUT2D eigenvalue weighted by molar-refractivity contribution is 6.05. The second-order valence-corrected chi connectivity index (χ2v) is 9.79. The van der Waals surface area contributed by atoms with Gasteiger partial charge in [-0.1, -0.05) is 25.0 Å². The predicted octanol–water partition coefficient (Wildman–Crippen LogP) is 1.93. The second kappa shape index (κ2) is 8.02. The van der Waals surface area contributed by atoms with Crippen LogP contribution in [0.2, 0.25) is 0 Å². The number of imide groups is 1. The number of hydrogen-bond donors (Lipinski definition) is 2. The molecule has 2 unspecified atom stereocenters. The van der Waals surface area contributed by atoms with Gasteiger partial charge >= 0.3 is 0 Å². The van der Waals surface area contributed by atoms with Crippen LogP contribution in [0, 0.1) is 5.41 Å². The Hall–Kier alpha value is -2.25. The largest absolute Gasteiger partial charge is 0.330 e. The summed E-state index contributed by atoms with van der Waals surface area (Å²) in [5, 5.41) is 2.37. The van der Waals surface area contributed by atoms with E-state index < -0.39 is 6.04 Å². The Morgan fingerprint density at radius 2 is 1.94 bits per heavy atom. The van der Waals surface area contributed by atoms with Crippen LogP contribution in [0.4, 0.5) is 0 Å². The summed E-state index contributed by atoms with van der Waals surface area (Å²) in [4.78, 5) is 41.1. The van der Waals surface area contributed by atoms with Crippen LogP contribution < -0.4 is 11.1 Å². The number of fused-ring (bicyclic) bond motifs is 1. The minimum Gasteiger partial charge on any atom is -0.330 e. The summed E-state index contributed by atoms with van der Waals surface area (Å²) < 4.78 is 0. The van der Waals surface area contributed by atoms with Crippen molar-refractivity contribution < 1.29 is 14.4 Å². The zero-order chi connectivity index (χ0) is 21.6. The molecule has 3 N–H and O–H groups in total. The summed E-state index contributed by atoms with van der Waals surface area (Å²) in [6, 6.07) is 6.15. The van der Waals surface area contributed by atoms with Crippen molar-refractivity contribution in [2.75, 3.05) is 13.1 Å². The van der Waals surface area contributed by atoms with E-state index in [1.807, 2.05) is 12.1 Å². The maximum atomic E-state index is 13.1. The van der Waals surface area contributed by atoms with Crippen LogP contribution in [0.1, 0.15) is 72.9 Å². The number of carbonyl (C=O) groups excluding carboxylic acids is 3. The van der Waals surface area contributed by atoms with E-state index in [9.17, 15) is 14.4 Å². The first-order valence-electron chi connectivity index (χ1n) is 11.7. The van der Waals surface area contributed by atoms with Gasteiger partial charge in [-0.05, 0) is 67.8 Å². The topological polar surface area (TPSA) is 95.7 Å². The molecule has 3 fully saturated rings. The molecule has 0 spiro atoms. The monoisotopic (exact) mass is 424 g/mol. The number of carbonyl (C=O) groups is 3. The van der Waals surface area contributed by atoms with E-state index in [-0.39, 0.29) is 29.6 Å². The Balaban J connectivity index is 1.32. The van der Waals surface area contributed by atoms with Crippen LogP contribution in [0.3, 0.4) is 0 Å². The molecule has 3 aliphatic heterocycles. The van der Waals surface area contributed by atoms with Gasteiger partial charge in [0.2, 0.25) is 11.8 Å². The first kappa shape index (κ1) is 20.6. The number of benzene rings is 1. The van der Waals surface area contributed by atoms with Crippen LogP contribution in [-0.2, 0) is 22.7 Å². The summed E-state index contributed by atoms with van der Waals surface area (Å²) in [6.07, 6.45) is 8.11. The van der Waals surface area contributed by atoms with Gasteiger partial charge in [-0.15, -0.1) is 0 Å². The number of amides is 3. The molecule has 3 amide bonds. The number of rotatable bonds is 5. The molecule has 3 heterocycles. The van der Waals surface area contributed by atoms with Crippen molar-refractivity contribution in [1.29, 1.82) is 0 Å². The standard InChI is InChI=1S/C24H32N4O3/c25-15-24(9-3-10-24)20-4-1-2-11-27(20)13-16-5-6-17-14-28(23(31)18(17)12-16)19-7-8-21(29)26-22(19)30/h5-6,12,19-20H,1-4,7-11,13-15,25H2,(H,26,29,30). The minimum absolute atomic E-state index is 0.0982. The van der Waals surface area contributed by atoms with Crippen molar-refractivity contribution >= 4 is 17.7 Å². The highest BCUT2D eigenvalue weighted by Crippen LogP contribution is 2.48. The Labute approximate surface area is 183 Å². The molecule has 2 atom stereocenters. The van der Waals surface area contributed by atoms with E-state index in [0.717, 1.165) is 30.8 Å². The summed E-state index contributed by atoms with van der Waals surface area (Å²) in [7, 11) is 0. The lowest BCUT2D eigenvalue weighted by Crippen LogP contribution is -2.56. The lowest BCUT2D eigenvalue weighted by atomic mass is 9.62. The van der Waals surface area contributed by atoms with Crippen LogP contribution in [-0.4, -0.2) is 52.7 Å². The van der Waals surface area contributed by atoms with E-state index in [4.69, 9.17) is 5.73 Å². The predicted molar refractivity (Wildman–Crippen MR) is 116 cm³/mol. The molecule has 2 saturated heterocycles. The second-order valence-electron chi connectivity index (χ2n) is 9.79. The molecule has 1 aliphatic carbocycles. The first-order valence-corrected chi connectivity index (χ1v) is 11.7. The maximum absolute atomic E-state index is 13.1. The number of hydrogen-bond acceptors (Lipinski definition) is 5. The van der Waals surface area contributed by atoms with Crippen molar-refractivity contribution in [1.82, 2.24) is 15.1 Å². The third-order valence-corrected chi connectivity index (χ3v) is 8.05. The maximum Gasteiger partial charge on any atom is 0.255 e.